The first-order valence-electron chi connectivity index (χ1n) is 8.70. The normalized spacial score (nSPS) is 11.7. The molecule has 0 aromatic heterocycles. The number of rotatable bonds is 6. The Morgan fingerprint density at radius 3 is 2.62 bits per heavy atom. The van der Waals surface area contributed by atoms with Gasteiger partial charge in [0.25, 0.3) is 5.91 Å². The van der Waals surface area contributed by atoms with E-state index < -0.39 is 18.5 Å². The van der Waals surface area contributed by atoms with Crippen molar-refractivity contribution >= 4 is 35.1 Å². The highest BCUT2D eigenvalue weighted by Crippen LogP contribution is 2.39. The summed E-state index contributed by atoms with van der Waals surface area (Å²) in [7, 11) is 1.45. The zero-order chi connectivity index (χ0) is 21.0. The van der Waals surface area contributed by atoms with E-state index in [1.807, 2.05) is 19.1 Å². The lowest BCUT2D eigenvalue weighted by Gasteiger charge is -2.17. The van der Waals surface area contributed by atoms with Crippen molar-refractivity contribution in [3.8, 4) is 11.5 Å². The summed E-state index contributed by atoms with van der Waals surface area (Å²) in [6, 6.07) is 10.1. The Morgan fingerprint density at radius 2 is 1.90 bits per heavy atom. The fraction of sp³-hybridized carbons (Fsp3) is 0.250. The smallest absolute Gasteiger partial charge is 0.338 e. The third kappa shape index (κ3) is 5.17. The van der Waals surface area contributed by atoms with Crippen LogP contribution in [-0.2, 0) is 14.3 Å². The van der Waals surface area contributed by atoms with Gasteiger partial charge >= 0.3 is 5.97 Å². The average molecular weight is 419 g/mol. The largest absolute Gasteiger partial charge is 0.454 e. The van der Waals surface area contributed by atoms with Gasteiger partial charge in [-0.1, -0.05) is 29.3 Å². The minimum atomic E-state index is -0.740. The van der Waals surface area contributed by atoms with Crippen LogP contribution in [0, 0.1) is 6.92 Å². The number of ether oxygens (including phenoxy) is 3. The summed E-state index contributed by atoms with van der Waals surface area (Å²) in [5.41, 5.74) is 1.83. The Hall–Kier alpha value is -3.26. The molecule has 0 saturated heterocycles. The molecule has 2 amide bonds. The van der Waals surface area contributed by atoms with E-state index in [1.54, 1.807) is 12.1 Å². The quantitative estimate of drug-likeness (QED) is 0.725. The van der Waals surface area contributed by atoms with Crippen molar-refractivity contribution in [2.75, 3.05) is 32.3 Å². The highest BCUT2D eigenvalue weighted by Gasteiger charge is 2.22. The van der Waals surface area contributed by atoms with Gasteiger partial charge in [-0.15, -0.1) is 0 Å². The predicted molar refractivity (Wildman–Crippen MR) is 105 cm³/mol. The minimum absolute atomic E-state index is 0.0154. The molecular formula is C20H19ClN2O6. The van der Waals surface area contributed by atoms with Crippen LogP contribution in [0.3, 0.4) is 0 Å². The third-order valence-corrected chi connectivity index (χ3v) is 4.41. The first-order chi connectivity index (χ1) is 13.8. The molecule has 1 aliphatic rings. The average Bonchev–Trinajstić information content (AvgIpc) is 3.16. The lowest BCUT2D eigenvalue weighted by molar-refractivity contribution is -0.136. The molecule has 3 rings (SSSR count). The summed E-state index contributed by atoms with van der Waals surface area (Å²) in [5.74, 6) is -0.932. The minimum Gasteiger partial charge on any atom is -0.454 e. The van der Waals surface area contributed by atoms with Crippen molar-refractivity contribution in [1.29, 1.82) is 0 Å². The number of benzene rings is 2. The van der Waals surface area contributed by atoms with E-state index in [4.69, 9.17) is 25.8 Å². The number of likely N-dealkylation sites (N-methyl/N-ethyl adjacent to an activating group) is 1. The summed E-state index contributed by atoms with van der Waals surface area (Å²) >= 11 is 6.03. The van der Waals surface area contributed by atoms with Crippen LogP contribution in [0.25, 0.3) is 0 Å². The number of anilines is 1. The molecule has 8 nitrogen and oxygen atoms in total. The summed E-state index contributed by atoms with van der Waals surface area (Å²) in [4.78, 5) is 37.6. The van der Waals surface area contributed by atoms with Crippen molar-refractivity contribution < 1.29 is 28.6 Å². The van der Waals surface area contributed by atoms with Gasteiger partial charge in [-0.25, -0.2) is 4.79 Å². The molecule has 1 aliphatic heterocycles. The van der Waals surface area contributed by atoms with E-state index >= 15 is 0 Å². The van der Waals surface area contributed by atoms with Gasteiger partial charge in [-0.3, -0.25) is 9.59 Å². The van der Waals surface area contributed by atoms with Gasteiger partial charge in [0.05, 0.1) is 17.1 Å². The first kappa shape index (κ1) is 20.5. The van der Waals surface area contributed by atoms with Gasteiger partial charge in [-0.05, 0) is 31.2 Å². The molecule has 2 aromatic rings. The van der Waals surface area contributed by atoms with Gasteiger partial charge < -0.3 is 24.4 Å². The number of esters is 1. The van der Waals surface area contributed by atoms with Gasteiger partial charge in [0.2, 0.25) is 12.7 Å². The molecule has 29 heavy (non-hydrogen) atoms. The maximum absolute atomic E-state index is 12.2. The van der Waals surface area contributed by atoms with Crippen LogP contribution in [0.2, 0.25) is 5.02 Å². The molecular weight excluding hydrogens is 400 g/mol. The Kier molecular flexibility index (Phi) is 6.23. The van der Waals surface area contributed by atoms with Crippen molar-refractivity contribution in [3.63, 3.8) is 0 Å². The molecule has 0 unspecified atom stereocenters. The van der Waals surface area contributed by atoms with Crippen LogP contribution in [0.1, 0.15) is 15.9 Å². The number of nitrogens with zero attached hydrogens (tertiary/aromatic N) is 1. The summed E-state index contributed by atoms with van der Waals surface area (Å²) in [6.45, 7) is 1.26. The summed E-state index contributed by atoms with van der Waals surface area (Å²) in [5, 5.41) is 2.91. The second-order valence-corrected chi connectivity index (χ2v) is 6.84. The highest BCUT2D eigenvalue weighted by atomic mass is 35.5. The topological polar surface area (TPSA) is 94.2 Å². The van der Waals surface area contributed by atoms with Crippen LogP contribution in [-0.4, -0.2) is 49.7 Å². The van der Waals surface area contributed by atoms with Crippen LogP contribution < -0.4 is 14.8 Å². The number of amides is 2. The van der Waals surface area contributed by atoms with Crippen LogP contribution in [0.5, 0.6) is 11.5 Å². The predicted octanol–water partition coefficient (Wildman–Crippen LogP) is 2.63. The SMILES string of the molecule is Cc1ccc(NC(=O)CN(C)C(=O)COC(=O)c2cc(Cl)c3c(c2)OCO3)cc1. The third-order valence-electron chi connectivity index (χ3n) is 4.13. The van der Waals surface area contributed by atoms with Gasteiger partial charge in [0, 0.05) is 12.7 Å². The standard InChI is InChI=1S/C20H19ClN2O6/c1-12-3-5-14(6-4-12)22-17(24)9-23(2)18(25)10-27-20(26)13-7-15(21)19-16(8-13)28-11-29-19/h3-8H,9-11H2,1-2H3,(H,22,24). The van der Waals surface area contributed by atoms with Gasteiger partial charge in [-0.2, -0.15) is 0 Å². The van der Waals surface area contributed by atoms with Crippen LogP contribution in [0.4, 0.5) is 5.69 Å². The number of fused-ring (bicyclic) bond motifs is 1. The molecule has 0 bridgehead atoms. The Labute approximate surface area is 172 Å². The van der Waals surface area contributed by atoms with Crippen molar-refractivity contribution in [1.82, 2.24) is 4.90 Å². The Balaban J connectivity index is 1.49. The van der Waals surface area contributed by atoms with E-state index in [-0.39, 0.29) is 29.8 Å². The zero-order valence-corrected chi connectivity index (χ0v) is 16.6. The molecule has 9 heteroatoms. The van der Waals surface area contributed by atoms with E-state index in [0.29, 0.717) is 17.2 Å². The molecule has 0 radical (unpaired) electrons. The van der Waals surface area contributed by atoms with Gasteiger partial charge in [0.15, 0.2) is 18.1 Å². The number of halogens is 1. The molecule has 0 spiro atoms. The van der Waals surface area contributed by atoms with Gasteiger partial charge in [0.1, 0.15) is 0 Å². The van der Waals surface area contributed by atoms with Crippen molar-refractivity contribution in [2.24, 2.45) is 0 Å². The lowest BCUT2D eigenvalue weighted by Crippen LogP contribution is -2.37. The van der Waals surface area contributed by atoms with E-state index in [2.05, 4.69) is 5.32 Å². The summed E-state index contributed by atoms with van der Waals surface area (Å²) < 4.78 is 15.4. The molecule has 2 aromatic carbocycles. The molecule has 0 saturated carbocycles. The Morgan fingerprint density at radius 1 is 1.17 bits per heavy atom. The molecule has 0 fully saturated rings. The maximum atomic E-state index is 12.2. The number of carbonyl (C=O) groups excluding carboxylic acids is 3. The van der Waals surface area contributed by atoms with E-state index in [1.165, 1.54) is 24.1 Å². The van der Waals surface area contributed by atoms with E-state index in [0.717, 1.165) is 5.56 Å². The molecule has 1 N–H and O–H groups in total. The number of hydrogen-bond acceptors (Lipinski definition) is 6. The molecule has 0 aliphatic carbocycles. The number of nitrogens with one attached hydrogen (secondary N) is 1. The number of carbonyl (C=O) groups is 3. The second-order valence-electron chi connectivity index (χ2n) is 6.43. The highest BCUT2D eigenvalue weighted by molar-refractivity contribution is 6.32. The zero-order valence-electron chi connectivity index (χ0n) is 15.9. The molecule has 152 valence electrons. The fourth-order valence-electron chi connectivity index (χ4n) is 2.55. The Bertz CT molecular complexity index is 945. The number of hydrogen-bond donors (Lipinski definition) is 1. The fourth-order valence-corrected chi connectivity index (χ4v) is 2.81. The van der Waals surface area contributed by atoms with E-state index in [9.17, 15) is 14.4 Å². The van der Waals surface area contributed by atoms with Crippen LogP contribution in [0.15, 0.2) is 36.4 Å². The maximum Gasteiger partial charge on any atom is 0.338 e. The molecule has 1 heterocycles. The van der Waals surface area contributed by atoms with Crippen molar-refractivity contribution in [2.45, 2.75) is 6.92 Å². The molecule has 0 atom stereocenters. The number of aryl methyl sites for hydroxylation is 1. The monoisotopic (exact) mass is 418 g/mol. The second kappa shape index (κ2) is 8.83. The van der Waals surface area contributed by atoms with Crippen molar-refractivity contribution in [3.05, 3.63) is 52.5 Å². The first-order valence-corrected chi connectivity index (χ1v) is 9.08. The van der Waals surface area contributed by atoms with Crippen LogP contribution >= 0.6 is 11.6 Å². The summed E-state index contributed by atoms with van der Waals surface area (Å²) in [6.07, 6.45) is 0. The lowest BCUT2D eigenvalue weighted by atomic mass is 10.2.